The molecule has 0 radical (unpaired) electrons. The van der Waals surface area contributed by atoms with Gasteiger partial charge in [-0.2, -0.15) is 0 Å². The first-order valence-corrected chi connectivity index (χ1v) is 11.7. The molecule has 0 aliphatic carbocycles. The van der Waals surface area contributed by atoms with E-state index in [1.807, 2.05) is 4.90 Å². The van der Waals surface area contributed by atoms with E-state index in [4.69, 9.17) is 4.74 Å². The van der Waals surface area contributed by atoms with Gasteiger partial charge in [-0.05, 0) is 68.2 Å². The van der Waals surface area contributed by atoms with Crippen molar-refractivity contribution < 1.29 is 18.7 Å². The van der Waals surface area contributed by atoms with Gasteiger partial charge < -0.3 is 15.0 Å². The van der Waals surface area contributed by atoms with Crippen LogP contribution in [0.2, 0.25) is 0 Å². The number of likely N-dealkylation sites (tertiary alicyclic amines) is 2. The summed E-state index contributed by atoms with van der Waals surface area (Å²) in [6.45, 7) is 5.27. The Bertz CT molecular complexity index is 794. The number of rotatable bonds is 1. The number of ether oxygens (including phenoxy) is 1. The molecular formula is C24H34FN3O3. The van der Waals surface area contributed by atoms with Crippen LogP contribution in [0.15, 0.2) is 18.2 Å². The fraction of sp³-hybridized carbons (Fsp3) is 0.667. The predicted octanol–water partition coefficient (Wildman–Crippen LogP) is 2.75. The molecule has 0 spiro atoms. The molecule has 6 nitrogen and oxygen atoms in total. The molecule has 170 valence electrons. The lowest BCUT2D eigenvalue weighted by atomic mass is 9.85. The molecule has 1 N–H and O–H groups in total. The van der Waals surface area contributed by atoms with Crippen molar-refractivity contribution in [3.8, 4) is 5.75 Å². The molecule has 0 bridgehead atoms. The Kier molecular flexibility index (Phi) is 7.10. The number of fused-ring (bicyclic) bond motifs is 2. The van der Waals surface area contributed by atoms with Crippen LogP contribution < -0.4 is 10.1 Å². The zero-order valence-electron chi connectivity index (χ0n) is 18.4. The molecule has 1 aromatic rings. The van der Waals surface area contributed by atoms with Crippen molar-refractivity contribution in [3.05, 3.63) is 29.6 Å². The molecule has 0 saturated carbocycles. The van der Waals surface area contributed by atoms with E-state index in [2.05, 4.69) is 10.2 Å². The van der Waals surface area contributed by atoms with Crippen LogP contribution in [0.5, 0.6) is 5.75 Å². The van der Waals surface area contributed by atoms with Crippen molar-refractivity contribution in [2.24, 2.45) is 5.92 Å². The van der Waals surface area contributed by atoms with Crippen molar-refractivity contribution in [2.45, 2.75) is 64.0 Å². The maximum Gasteiger partial charge on any atom is 0.258 e. The summed E-state index contributed by atoms with van der Waals surface area (Å²) in [7, 11) is 0. The minimum atomic E-state index is -0.266. The van der Waals surface area contributed by atoms with Crippen molar-refractivity contribution in [3.63, 3.8) is 0 Å². The number of carbonyl (C=O) groups excluding carboxylic acids is 2. The van der Waals surface area contributed by atoms with Crippen molar-refractivity contribution in [2.75, 3.05) is 32.8 Å². The number of halogens is 1. The number of aryl methyl sites for hydroxylation is 1. The van der Waals surface area contributed by atoms with E-state index in [1.165, 1.54) is 12.1 Å². The monoisotopic (exact) mass is 431 g/mol. The highest BCUT2D eigenvalue weighted by atomic mass is 19.1. The summed E-state index contributed by atoms with van der Waals surface area (Å²) in [6.07, 6.45) is 6.85. The third kappa shape index (κ3) is 5.56. The van der Waals surface area contributed by atoms with Gasteiger partial charge in [0.1, 0.15) is 11.6 Å². The number of piperidine rings is 2. The van der Waals surface area contributed by atoms with Crippen molar-refractivity contribution in [1.29, 1.82) is 0 Å². The average Bonchev–Trinajstić information content (AvgIpc) is 2.76. The van der Waals surface area contributed by atoms with Gasteiger partial charge in [0.25, 0.3) is 5.91 Å². The van der Waals surface area contributed by atoms with E-state index in [0.29, 0.717) is 17.7 Å². The van der Waals surface area contributed by atoms with Crippen LogP contribution in [0.3, 0.4) is 0 Å². The van der Waals surface area contributed by atoms with Gasteiger partial charge in [-0.25, -0.2) is 4.39 Å². The summed E-state index contributed by atoms with van der Waals surface area (Å²) in [5.41, 5.74) is 0.840. The smallest absolute Gasteiger partial charge is 0.258 e. The molecule has 2 fully saturated rings. The largest absolute Gasteiger partial charge is 0.483 e. The van der Waals surface area contributed by atoms with Crippen LogP contribution in [0.1, 0.15) is 51.0 Å². The van der Waals surface area contributed by atoms with E-state index < -0.39 is 0 Å². The molecule has 3 heterocycles. The van der Waals surface area contributed by atoms with E-state index in [-0.39, 0.29) is 30.3 Å². The standard InChI is InChI=1S/C24H34FN3O3/c1-17(29)27-11-8-21(9-12-27)28-13-10-22-19(15-28)5-3-2-4-18-14-20(25)6-7-23(18)31-16-24(30)26-22/h6-7,14,19,21-22H,2-5,8-13,15-16H2,1H3,(H,26,30)/t19-,22+/m1/s1. The minimum Gasteiger partial charge on any atom is -0.483 e. The second-order valence-electron chi connectivity index (χ2n) is 9.24. The fourth-order valence-corrected chi connectivity index (χ4v) is 5.42. The number of nitrogens with one attached hydrogen (secondary N) is 1. The summed E-state index contributed by atoms with van der Waals surface area (Å²) in [6, 6.07) is 5.23. The number of benzene rings is 1. The first kappa shape index (κ1) is 22.1. The first-order chi connectivity index (χ1) is 15.0. The van der Waals surface area contributed by atoms with Crippen LogP contribution >= 0.6 is 0 Å². The van der Waals surface area contributed by atoms with Gasteiger partial charge in [0.15, 0.2) is 6.61 Å². The Labute approximate surface area is 184 Å². The van der Waals surface area contributed by atoms with Gasteiger partial charge in [-0.3, -0.25) is 14.5 Å². The highest BCUT2D eigenvalue weighted by molar-refractivity contribution is 5.78. The number of nitrogens with zero attached hydrogens (tertiary/aromatic N) is 2. The molecule has 7 heteroatoms. The van der Waals surface area contributed by atoms with E-state index in [0.717, 1.165) is 76.7 Å². The van der Waals surface area contributed by atoms with Gasteiger partial charge in [0.2, 0.25) is 5.91 Å². The molecule has 0 unspecified atom stereocenters. The molecular weight excluding hydrogens is 397 g/mol. The molecule has 2 atom stereocenters. The summed E-state index contributed by atoms with van der Waals surface area (Å²) in [5, 5.41) is 3.21. The zero-order chi connectivity index (χ0) is 21.8. The Morgan fingerprint density at radius 1 is 1.13 bits per heavy atom. The Hall–Kier alpha value is -2.15. The molecule has 0 aromatic heterocycles. The molecule has 2 amide bonds. The van der Waals surface area contributed by atoms with Gasteiger partial charge in [0, 0.05) is 45.2 Å². The molecule has 2 saturated heterocycles. The van der Waals surface area contributed by atoms with Crippen LogP contribution in [-0.2, 0) is 16.0 Å². The van der Waals surface area contributed by atoms with Crippen LogP contribution in [0.25, 0.3) is 0 Å². The maximum atomic E-state index is 13.7. The highest BCUT2D eigenvalue weighted by Gasteiger charge is 2.34. The lowest BCUT2D eigenvalue weighted by Gasteiger charge is -2.45. The molecule has 4 rings (SSSR count). The molecule has 3 aliphatic heterocycles. The summed E-state index contributed by atoms with van der Waals surface area (Å²) >= 11 is 0. The first-order valence-electron chi connectivity index (χ1n) is 11.7. The van der Waals surface area contributed by atoms with Gasteiger partial charge in [0.05, 0.1) is 0 Å². The quantitative estimate of drug-likeness (QED) is 0.743. The second-order valence-corrected chi connectivity index (χ2v) is 9.24. The molecule has 3 aliphatic rings. The normalized spacial score (nSPS) is 26.5. The average molecular weight is 432 g/mol. The zero-order valence-corrected chi connectivity index (χ0v) is 18.4. The van der Waals surface area contributed by atoms with E-state index in [9.17, 15) is 14.0 Å². The lowest BCUT2D eigenvalue weighted by Crippen LogP contribution is -2.56. The second kappa shape index (κ2) is 9.98. The van der Waals surface area contributed by atoms with Crippen LogP contribution in [0, 0.1) is 11.7 Å². The van der Waals surface area contributed by atoms with Gasteiger partial charge >= 0.3 is 0 Å². The SMILES string of the molecule is CC(=O)N1CCC(N2CC[C@@H]3NC(=O)COc4ccc(F)cc4CCCC[C@@H]3C2)CC1. The predicted molar refractivity (Wildman–Crippen MR) is 116 cm³/mol. The Balaban J connectivity index is 1.39. The summed E-state index contributed by atoms with van der Waals surface area (Å²) in [4.78, 5) is 28.7. The van der Waals surface area contributed by atoms with Crippen LogP contribution in [0.4, 0.5) is 4.39 Å². The van der Waals surface area contributed by atoms with E-state index in [1.54, 1.807) is 13.0 Å². The van der Waals surface area contributed by atoms with Crippen molar-refractivity contribution >= 4 is 11.8 Å². The minimum absolute atomic E-state index is 0.0327. The fourth-order valence-electron chi connectivity index (χ4n) is 5.42. The number of amides is 2. The summed E-state index contributed by atoms with van der Waals surface area (Å²) < 4.78 is 19.4. The topological polar surface area (TPSA) is 61.9 Å². The maximum absolute atomic E-state index is 13.7. The molecule has 1 aromatic carbocycles. The van der Waals surface area contributed by atoms with Gasteiger partial charge in [-0.15, -0.1) is 0 Å². The van der Waals surface area contributed by atoms with Crippen LogP contribution in [-0.4, -0.2) is 66.5 Å². The Morgan fingerprint density at radius 3 is 2.71 bits per heavy atom. The number of carbonyl (C=O) groups is 2. The lowest BCUT2D eigenvalue weighted by molar-refractivity contribution is -0.130. The summed E-state index contributed by atoms with van der Waals surface area (Å²) in [5.74, 6) is 0.824. The highest BCUT2D eigenvalue weighted by Crippen LogP contribution is 2.29. The number of hydrogen-bond donors (Lipinski definition) is 1. The molecule has 31 heavy (non-hydrogen) atoms. The third-order valence-corrected chi connectivity index (χ3v) is 7.19. The number of hydrogen-bond acceptors (Lipinski definition) is 4. The third-order valence-electron chi connectivity index (χ3n) is 7.19. The van der Waals surface area contributed by atoms with Crippen molar-refractivity contribution in [1.82, 2.24) is 15.1 Å². The van der Waals surface area contributed by atoms with Gasteiger partial charge in [-0.1, -0.05) is 6.42 Å². The van der Waals surface area contributed by atoms with E-state index >= 15 is 0 Å². The Morgan fingerprint density at radius 2 is 1.94 bits per heavy atom.